The summed E-state index contributed by atoms with van der Waals surface area (Å²) in [6.45, 7) is 10.4. The number of benzene rings is 2. The first-order valence-electron chi connectivity index (χ1n) is 11.5. The van der Waals surface area contributed by atoms with Crippen molar-refractivity contribution in [2.24, 2.45) is 0 Å². The van der Waals surface area contributed by atoms with Crippen LogP contribution >= 0.6 is 11.3 Å². The Morgan fingerprint density at radius 2 is 1.47 bits per heavy atom. The highest BCUT2D eigenvalue weighted by molar-refractivity contribution is 7.16. The van der Waals surface area contributed by atoms with Crippen LogP contribution in [0.15, 0.2) is 66.7 Å². The SMILES string of the molecule is Cc1cc(C)nc(NC(c2ccc(C(C)C)cc2)c2cc(C)sc2NC(=O)c2ccccc2)n1. The molecule has 34 heavy (non-hydrogen) atoms. The van der Waals surface area contributed by atoms with Gasteiger partial charge in [-0.2, -0.15) is 0 Å². The van der Waals surface area contributed by atoms with Gasteiger partial charge in [0.15, 0.2) is 0 Å². The second-order valence-electron chi connectivity index (χ2n) is 8.83. The van der Waals surface area contributed by atoms with Gasteiger partial charge in [-0.15, -0.1) is 11.3 Å². The van der Waals surface area contributed by atoms with Crippen molar-refractivity contribution in [3.05, 3.63) is 105 Å². The Morgan fingerprint density at radius 1 is 0.853 bits per heavy atom. The number of hydrogen-bond donors (Lipinski definition) is 2. The molecule has 0 spiro atoms. The predicted molar refractivity (Wildman–Crippen MR) is 141 cm³/mol. The number of hydrogen-bond acceptors (Lipinski definition) is 5. The normalized spacial score (nSPS) is 11.9. The Hall–Kier alpha value is -3.51. The summed E-state index contributed by atoms with van der Waals surface area (Å²) in [5, 5.41) is 7.50. The minimum Gasteiger partial charge on any atom is -0.343 e. The van der Waals surface area contributed by atoms with E-state index >= 15 is 0 Å². The van der Waals surface area contributed by atoms with Gasteiger partial charge in [-0.1, -0.05) is 56.3 Å². The molecule has 1 unspecified atom stereocenters. The first-order chi connectivity index (χ1) is 16.3. The average Bonchev–Trinajstić information content (AvgIpc) is 3.17. The largest absolute Gasteiger partial charge is 0.343 e. The van der Waals surface area contributed by atoms with Crippen LogP contribution in [-0.4, -0.2) is 15.9 Å². The van der Waals surface area contributed by atoms with Gasteiger partial charge in [0.2, 0.25) is 5.95 Å². The number of carbonyl (C=O) groups is 1. The van der Waals surface area contributed by atoms with Crippen molar-refractivity contribution in [2.45, 2.75) is 46.6 Å². The Bertz CT molecular complexity index is 1260. The average molecular weight is 471 g/mol. The van der Waals surface area contributed by atoms with Crippen LogP contribution in [0.1, 0.15) is 69.1 Å². The van der Waals surface area contributed by atoms with Gasteiger partial charge in [0.25, 0.3) is 5.91 Å². The lowest BCUT2D eigenvalue weighted by Crippen LogP contribution is -2.18. The minimum atomic E-state index is -0.224. The molecule has 0 saturated heterocycles. The summed E-state index contributed by atoms with van der Waals surface area (Å²) in [6, 6.07) is 21.8. The molecule has 1 amide bonds. The van der Waals surface area contributed by atoms with Crippen molar-refractivity contribution in [2.75, 3.05) is 10.6 Å². The fourth-order valence-electron chi connectivity index (χ4n) is 3.94. The number of rotatable bonds is 7. The van der Waals surface area contributed by atoms with Gasteiger partial charge in [0.05, 0.1) is 6.04 Å². The van der Waals surface area contributed by atoms with Crippen LogP contribution in [0.5, 0.6) is 0 Å². The van der Waals surface area contributed by atoms with E-state index in [1.165, 1.54) is 5.56 Å². The summed E-state index contributed by atoms with van der Waals surface area (Å²) in [7, 11) is 0. The summed E-state index contributed by atoms with van der Waals surface area (Å²) in [5.74, 6) is 0.896. The number of anilines is 2. The summed E-state index contributed by atoms with van der Waals surface area (Å²) in [6.07, 6.45) is 0. The van der Waals surface area contributed by atoms with Crippen molar-refractivity contribution >= 4 is 28.2 Å². The summed E-state index contributed by atoms with van der Waals surface area (Å²) in [4.78, 5) is 23.3. The highest BCUT2D eigenvalue weighted by Crippen LogP contribution is 2.37. The molecule has 4 aromatic rings. The van der Waals surface area contributed by atoms with Gasteiger partial charge >= 0.3 is 0 Å². The number of amides is 1. The first kappa shape index (κ1) is 23.6. The number of carbonyl (C=O) groups excluding carboxylic acids is 1. The maximum absolute atomic E-state index is 13.0. The van der Waals surface area contributed by atoms with Crippen molar-refractivity contribution in [1.82, 2.24) is 9.97 Å². The molecule has 0 aliphatic rings. The third-order valence-electron chi connectivity index (χ3n) is 5.65. The third-order valence-corrected chi connectivity index (χ3v) is 6.63. The predicted octanol–water partition coefficient (Wildman–Crippen LogP) is 7.04. The van der Waals surface area contributed by atoms with E-state index in [9.17, 15) is 4.79 Å². The first-order valence-corrected chi connectivity index (χ1v) is 12.3. The van der Waals surface area contributed by atoms with Gasteiger partial charge in [0, 0.05) is 27.4 Å². The zero-order chi connectivity index (χ0) is 24.2. The number of thiophene rings is 1. The second-order valence-corrected chi connectivity index (χ2v) is 10.1. The van der Waals surface area contributed by atoms with Gasteiger partial charge < -0.3 is 10.6 Å². The molecule has 2 aromatic carbocycles. The Morgan fingerprint density at radius 3 is 2.09 bits per heavy atom. The van der Waals surface area contributed by atoms with Crippen LogP contribution < -0.4 is 10.6 Å². The summed E-state index contributed by atoms with van der Waals surface area (Å²) < 4.78 is 0. The van der Waals surface area contributed by atoms with Crippen molar-refractivity contribution in [1.29, 1.82) is 0 Å². The molecule has 0 saturated carbocycles. The molecule has 2 heterocycles. The zero-order valence-electron chi connectivity index (χ0n) is 20.2. The van der Waals surface area contributed by atoms with Gasteiger partial charge in [-0.3, -0.25) is 4.79 Å². The molecule has 2 N–H and O–H groups in total. The number of aryl methyl sites for hydroxylation is 3. The fraction of sp³-hybridized carbons (Fsp3) is 0.250. The minimum absolute atomic E-state index is 0.125. The van der Waals surface area contributed by atoms with Crippen LogP contribution in [0.4, 0.5) is 10.9 Å². The van der Waals surface area contributed by atoms with E-state index in [-0.39, 0.29) is 11.9 Å². The molecule has 0 bridgehead atoms. The van der Waals surface area contributed by atoms with Crippen molar-refractivity contribution < 1.29 is 4.79 Å². The zero-order valence-corrected chi connectivity index (χ0v) is 21.0. The van der Waals surface area contributed by atoms with Crippen LogP contribution in [0.2, 0.25) is 0 Å². The third kappa shape index (κ3) is 5.51. The number of nitrogens with zero attached hydrogens (tertiary/aromatic N) is 2. The molecule has 5 nitrogen and oxygen atoms in total. The lowest BCUT2D eigenvalue weighted by Gasteiger charge is -2.21. The fourth-order valence-corrected chi connectivity index (χ4v) is 4.89. The molecule has 0 aliphatic carbocycles. The molecule has 6 heteroatoms. The highest BCUT2D eigenvalue weighted by Gasteiger charge is 2.23. The maximum atomic E-state index is 13.0. The topological polar surface area (TPSA) is 66.9 Å². The monoisotopic (exact) mass is 470 g/mol. The Balaban J connectivity index is 1.74. The smallest absolute Gasteiger partial charge is 0.256 e. The summed E-state index contributed by atoms with van der Waals surface area (Å²) >= 11 is 1.57. The van der Waals surface area contributed by atoms with E-state index in [1.807, 2.05) is 50.2 Å². The van der Waals surface area contributed by atoms with E-state index in [1.54, 1.807) is 11.3 Å². The molecule has 1 atom stereocenters. The molecular formula is C28H30N4OS. The molecule has 0 radical (unpaired) electrons. The second kappa shape index (κ2) is 10.2. The van der Waals surface area contributed by atoms with E-state index in [2.05, 4.69) is 71.7 Å². The van der Waals surface area contributed by atoms with Crippen LogP contribution in [0.25, 0.3) is 0 Å². The maximum Gasteiger partial charge on any atom is 0.256 e. The lowest BCUT2D eigenvalue weighted by atomic mass is 9.96. The van der Waals surface area contributed by atoms with Gasteiger partial charge in [-0.05, 0) is 62.1 Å². The van der Waals surface area contributed by atoms with Crippen LogP contribution in [0.3, 0.4) is 0 Å². The van der Waals surface area contributed by atoms with E-state index in [4.69, 9.17) is 0 Å². The quantitative estimate of drug-likeness (QED) is 0.304. The lowest BCUT2D eigenvalue weighted by molar-refractivity contribution is 0.102. The highest BCUT2D eigenvalue weighted by atomic mass is 32.1. The van der Waals surface area contributed by atoms with Crippen molar-refractivity contribution in [3.8, 4) is 0 Å². The van der Waals surface area contributed by atoms with E-state index in [0.29, 0.717) is 17.4 Å². The van der Waals surface area contributed by atoms with Crippen molar-refractivity contribution in [3.63, 3.8) is 0 Å². The summed E-state index contributed by atoms with van der Waals surface area (Å²) in [5.41, 5.74) is 5.80. The van der Waals surface area contributed by atoms with Crippen LogP contribution in [0, 0.1) is 20.8 Å². The van der Waals surface area contributed by atoms with Gasteiger partial charge in [0.1, 0.15) is 5.00 Å². The number of nitrogens with one attached hydrogen (secondary N) is 2. The molecule has 0 aliphatic heterocycles. The Labute approximate surface area is 205 Å². The molecule has 0 fully saturated rings. The number of aromatic nitrogens is 2. The van der Waals surface area contributed by atoms with E-state index < -0.39 is 0 Å². The standard InChI is InChI=1S/C28H30N4OS/c1-17(2)21-11-13-22(14-12-21)25(31-28-29-18(3)15-19(4)30-28)24-16-20(5)34-27(24)32-26(33)23-9-7-6-8-10-23/h6-17,25H,1-5H3,(H,32,33)(H,29,30,31). The molecule has 174 valence electrons. The van der Waals surface area contributed by atoms with Crippen LogP contribution in [-0.2, 0) is 0 Å². The Kier molecular flexibility index (Phi) is 7.08. The van der Waals surface area contributed by atoms with E-state index in [0.717, 1.165) is 32.4 Å². The molecule has 2 aromatic heterocycles. The molecule has 4 rings (SSSR count). The molecular weight excluding hydrogens is 440 g/mol. The van der Waals surface area contributed by atoms with Gasteiger partial charge in [-0.25, -0.2) is 9.97 Å².